The lowest BCUT2D eigenvalue weighted by atomic mass is 9.94. The smallest absolute Gasteiger partial charge is 0.255 e. The van der Waals surface area contributed by atoms with E-state index in [-0.39, 0.29) is 17.2 Å². The second kappa shape index (κ2) is 8.35. The van der Waals surface area contributed by atoms with Crippen LogP contribution in [0.3, 0.4) is 0 Å². The van der Waals surface area contributed by atoms with Gasteiger partial charge in [0.15, 0.2) is 0 Å². The van der Waals surface area contributed by atoms with Crippen LogP contribution in [0.25, 0.3) is 0 Å². The van der Waals surface area contributed by atoms with Crippen LogP contribution in [0.2, 0.25) is 0 Å². The first-order valence-corrected chi connectivity index (χ1v) is 10.2. The van der Waals surface area contributed by atoms with Crippen LogP contribution >= 0.6 is 15.9 Å². The standard InChI is InChI=1S/C22H26BrN3O2/c1-22(2,3)21(28)26-14-12-25(13-15-26)19-10-8-18(9-11-19)24-20(27)16-4-6-17(23)7-5-16/h4-11H,12-15H2,1-3H3,(H,24,27). The molecule has 0 spiro atoms. The molecule has 3 rings (SSSR count). The fourth-order valence-electron chi connectivity index (χ4n) is 3.20. The second-order valence-electron chi connectivity index (χ2n) is 8.04. The molecule has 0 bridgehead atoms. The number of rotatable bonds is 3. The number of nitrogens with one attached hydrogen (secondary N) is 1. The molecular weight excluding hydrogens is 418 g/mol. The van der Waals surface area contributed by atoms with Crippen molar-refractivity contribution >= 4 is 39.1 Å². The van der Waals surface area contributed by atoms with E-state index in [2.05, 4.69) is 26.1 Å². The third-order valence-corrected chi connectivity index (χ3v) is 5.33. The van der Waals surface area contributed by atoms with Gasteiger partial charge in [0.1, 0.15) is 0 Å². The van der Waals surface area contributed by atoms with Gasteiger partial charge in [0, 0.05) is 53.0 Å². The summed E-state index contributed by atoms with van der Waals surface area (Å²) in [7, 11) is 0. The maximum atomic E-state index is 12.4. The lowest BCUT2D eigenvalue weighted by Gasteiger charge is -2.38. The van der Waals surface area contributed by atoms with Crippen LogP contribution in [0.1, 0.15) is 31.1 Å². The molecule has 0 radical (unpaired) electrons. The van der Waals surface area contributed by atoms with Crippen LogP contribution in [0.5, 0.6) is 0 Å². The Balaban J connectivity index is 1.57. The predicted molar refractivity (Wildman–Crippen MR) is 117 cm³/mol. The second-order valence-corrected chi connectivity index (χ2v) is 8.95. The highest BCUT2D eigenvalue weighted by Gasteiger charge is 2.29. The summed E-state index contributed by atoms with van der Waals surface area (Å²) in [5, 5.41) is 2.92. The quantitative estimate of drug-likeness (QED) is 0.764. The monoisotopic (exact) mass is 443 g/mol. The van der Waals surface area contributed by atoms with E-state index < -0.39 is 0 Å². The molecule has 5 nitrogen and oxygen atoms in total. The van der Waals surface area contributed by atoms with E-state index in [1.54, 1.807) is 12.1 Å². The zero-order chi connectivity index (χ0) is 20.3. The van der Waals surface area contributed by atoms with Crippen LogP contribution in [0.4, 0.5) is 11.4 Å². The minimum Gasteiger partial charge on any atom is -0.368 e. The molecule has 2 aromatic rings. The zero-order valence-corrected chi connectivity index (χ0v) is 18.1. The van der Waals surface area contributed by atoms with Crippen LogP contribution in [-0.2, 0) is 4.79 Å². The number of piperazine rings is 1. The van der Waals surface area contributed by atoms with Gasteiger partial charge < -0.3 is 15.1 Å². The lowest BCUT2D eigenvalue weighted by molar-refractivity contribution is -0.139. The van der Waals surface area contributed by atoms with E-state index in [4.69, 9.17) is 0 Å². The molecular formula is C22H26BrN3O2. The highest BCUT2D eigenvalue weighted by Crippen LogP contribution is 2.23. The minimum atomic E-state index is -0.336. The normalized spacial score (nSPS) is 14.7. The first kappa shape index (κ1) is 20.4. The van der Waals surface area contributed by atoms with Crippen molar-refractivity contribution in [1.82, 2.24) is 4.90 Å². The summed E-state index contributed by atoms with van der Waals surface area (Å²) in [6, 6.07) is 15.1. The van der Waals surface area contributed by atoms with Crippen molar-refractivity contribution in [2.45, 2.75) is 20.8 Å². The topological polar surface area (TPSA) is 52.7 Å². The number of benzene rings is 2. The number of hydrogen-bond donors (Lipinski definition) is 1. The molecule has 28 heavy (non-hydrogen) atoms. The number of carbonyl (C=O) groups excluding carboxylic acids is 2. The molecule has 6 heteroatoms. The average Bonchev–Trinajstić information content (AvgIpc) is 2.68. The molecule has 0 atom stereocenters. The van der Waals surface area contributed by atoms with E-state index in [0.29, 0.717) is 5.56 Å². The van der Waals surface area contributed by atoms with Gasteiger partial charge in [0.2, 0.25) is 5.91 Å². The molecule has 1 heterocycles. The van der Waals surface area contributed by atoms with Gasteiger partial charge >= 0.3 is 0 Å². The Hall–Kier alpha value is -2.34. The van der Waals surface area contributed by atoms with Crippen molar-refractivity contribution in [2.24, 2.45) is 5.41 Å². The van der Waals surface area contributed by atoms with E-state index in [9.17, 15) is 9.59 Å². The lowest BCUT2D eigenvalue weighted by Crippen LogP contribution is -2.51. The summed E-state index contributed by atoms with van der Waals surface area (Å²) in [6.45, 7) is 8.98. The first-order chi connectivity index (χ1) is 13.2. The Morgan fingerprint density at radius 1 is 0.893 bits per heavy atom. The summed E-state index contributed by atoms with van der Waals surface area (Å²) >= 11 is 3.37. The van der Waals surface area contributed by atoms with Crippen LogP contribution in [0.15, 0.2) is 53.0 Å². The van der Waals surface area contributed by atoms with Crippen molar-refractivity contribution in [2.75, 3.05) is 36.4 Å². The molecule has 148 valence electrons. The number of anilines is 2. The Labute approximate surface area is 174 Å². The molecule has 0 unspecified atom stereocenters. The molecule has 2 aromatic carbocycles. The molecule has 1 N–H and O–H groups in total. The van der Waals surface area contributed by atoms with Gasteiger partial charge in [-0.05, 0) is 48.5 Å². The average molecular weight is 444 g/mol. The summed E-state index contributed by atoms with van der Waals surface area (Å²) < 4.78 is 0.942. The Morgan fingerprint density at radius 3 is 2.00 bits per heavy atom. The maximum absolute atomic E-state index is 12.4. The van der Waals surface area contributed by atoms with Crippen molar-refractivity contribution in [1.29, 1.82) is 0 Å². The van der Waals surface area contributed by atoms with Gasteiger partial charge in [-0.2, -0.15) is 0 Å². The van der Waals surface area contributed by atoms with Gasteiger partial charge in [-0.25, -0.2) is 0 Å². The van der Waals surface area contributed by atoms with Gasteiger partial charge in [-0.1, -0.05) is 36.7 Å². The molecule has 1 aliphatic heterocycles. The molecule has 1 aliphatic rings. The van der Waals surface area contributed by atoms with Gasteiger partial charge in [0.05, 0.1) is 0 Å². The van der Waals surface area contributed by atoms with E-state index in [0.717, 1.165) is 42.0 Å². The summed E-state index contributed by atoms with van der Waals surface area (Å²) in [6.07, 6.45) is 0. The number of halogens is 1. The van der Waals surface area contributed by atoms with Crippen LogP contribution < -0.4 is 10.2 Å². The first-order valence-electron chi connectivity index (χ1n) is 9.45. The van der Waals surface area contributed by atoms with Gasteiger partial charge in [0.25, 0.3) is 5.91 Å². The Bertz CT molecular complexity index is 834. The highest BCUT2D eigenvalue weighted by atomic mass is 79.9. The highest BCUT2D eigenvalue weighted by molar-refractivity contribution is 9.10. The van der Waals surface area contributed by atoms with E-state index in [1.165, 1.54) is 0 Å². The Kier molecular flexibility index (Phi) is 6.08. The van der Waals surface area contributed by atoms with Crippen molar-refractivity contribution in [3.05, 3.63) is 58.6 Å². The van der Waals surface area contributed by atoms with Crippen molar-refractivity contribution < 1.29 is 9.59 Å². The number of nitrogens with zero attached hydrogens (tertiary/aromatic N) is 2. The summed E-state index contributed by atoms with van der Waals surface area (Å²) in [4.78, 5) is 28.9. The number of amides is 2. The summed E-state index contributed by atoms with van der Waals surface area (Å²) in [5.74, 6) is 0.0766. The summed E-state index contributed by atoms with van der Waals surface area (Å²) in [5.41, 5.74) is 2.14. The molecule has 0 aliphatic carbocycles. The van der Waals surface area contributed by atoms with Crippen LogP contribution in [0, 0.1) is 5.41 Å². The molecule has 0 aromatic heterocycles. The van der Waals surface area contributed by atoms with Crippen molar-refractivity contribution in [3.8, 4) is 0 Å². The number of carbonyl (C=O) groups is 2. The SMILES string of the molecule is CC(C)(C)C(=O)N1CCN(c2ccc(NC(=O)c3ccc(Br)cc3)cc2)CC1. The fraction of sp³-hybridized carbons (Fsp3) is 0.364. The van der Waals surface area contributed by atoms with Crippen LogP contribution in [-0.4, -0.2) is 42.9 Å². The predicted octanol–water partition coefficient (Wildman–Crippen LogP) is 4.40. The maximum Gasteiger partial charge on any atom is 0.255 e. The Morgan fingerprint density at radius 2 is 1.46 bits per heavy atom. The van der Waals surface area contributed by atoms with Gasteiger partial charge in [-0.3, -0.25) is 9.59 Å². The third kappa shape index (κ3) is 4.93. The van der Waals surface area contributed by atoms with Crippen molar-refractivity contribution in [3.63, 3.8) is 0 Å². The third-order valence-electron chi connectivity index (χ3n) is 4.81. The molecule has 1 saturated heterocycles. The van der Waals surface area contributed by atoms with E-state index >= 15 is 0 Å². The minimum absolute atomic E-state index is 0.130. The van der Waals surface area contributed by atoms with Gasteiger partial charge in [-0.15, -0.1) is 0 Å². The molecule has 0 saturated carbocycles. The largest absolute Gasteiger partial charge is 0.368 e. The number of hydrogen-bond acceptors (Lipinski definition) is 3. The zero-order valence-electron chi connectivity index (χ0n) is 16.5. The fourth-order valence-corrected chi connectivity index (χ4v) is 3.47. The molecule has 2 amide bonds. The van der Waals surface area contributed by atoms with E-state index in [1.807, 2.05) is 62.1 Å². The molecule has 1 fully saturated rings.